The van der Waals surface area contributed by atoms with Crippen molar-refractivity contribution in [3.8, 4) is 22.3 Å². The molecule has 0 amide bonds. The lowest BCUT2D eigenvalue weighted by atomic mass is 9.95. The third-order valence-corrected chi connectivity index (χ3v) is 9.25. The van der Waals surface area contributed by atoms with E-state index in [0.717, 1.165) is 43.0 Å². The van der Waals surface area contributed by atoms with Crippen LogP contribution in [0, 0.1) is 0 Å². The fourth-order valence-electron chi connectivity index (χ4n) is 7.16. The number of hydrogen-bond acceptors (Lipinski definition) is 4. The summed E-state index contributed by atoms with van der Waals surface area (Å²) in [5.74, 6) is 1.03. The van der Waals surface area contributed by atoms with Gasteiger partial charge in [0.15, 0.2) is 0 Å². The van der Waals surface area contributed by atoms with Gasteiger partial charge in [0.05, 0.1) is 11.4 Å². The Hall–Kier alpha value is -5.35. The van der Waals surface area contributed by atoms with E-state index in [4.69, 9.17) is 10.7 Å². The Balaban J connectivity index is 1.27. The second-order valence-electron chi connectivity index (χ2n) is 11.7. The summed E-state index contributed by atoms with van der Waals surface area (Å²) < 4.78 is 0. The van der Waals surface area contributed by atoms with E-state index in [-0.39, 0.29) is 0 Å². The SMILES string of the molecule is CC1=C(/C=C\N)N(C2=CC=CCC2)c2c(cnc3c2CCN3c2ccc(-c3cccc4ccccc34)cc2)-c2ccccc21. The van der Waals surface area contributed by atoms with Crippen LogP contribution in [0.5, 0.6) is 0 Å². The van der Waals surface area contributed by atoms with E-state index in [1.807, 2.05) is 0 Å². The Labute approximate surface area is 258 Å². The fraction of sp³-hybridized carbons (Fsp3) is 0.125. The van der Waals surface area contributed by atoms with E-state index in [0.29, 0.717) is 0 Å². The van der Waals surface area contributed by atoms with Gasteiger partial charge in [-0.3, -0.25) is 0 Å². The first-order valence-corrected chi connectivity index (χ1v) is 15.5. The molecular weight excluding hydrogens is 536 g/mol. The molecule has 3 aliphatic rings. The van der Waals surface area contributed by atoms with Crippen LogP contribution in [0.15, 0.2) is 139 Å². The number of nitrogens with two attached hydrogens (primary N) is 1. The van der Waals surface area contributed by atoms with Gasteiger partial charge in [0.2, 0.25) is 0 Å². The van der Waals surface area contributed by atoms with Crippen LogP contribution in [0.1, 0.15) is 30.9 Å². The molecule has 2 aliphatic heterocycles. The van der Waals surface area contributed by atoms with Crippen molar-refractivity contribution in [2.45, 2.75) is 26.2 Å². The third-order valence-electron chi connectivity index (χ3n) is 9.25. The standard InChI is InChI=1S/C40H34N4/c1-27-32-14-7-8-16-35(32)37-26-42-40-36(39(37)44(38(27)22-24-41)31-12-3-2-4-13-31)23-25-43(40)30-20-18-29(19-21-30)34-17-9-11-28-10-5-6-15-33(28)34/h2-3,5-12,14-22,24,26H,4,13,23,25,41H2,1H3/b24-22-. The van der Waals surface area contributed by atoms with E-state index in [2.05, 4.69) is 138 Å². The average Bonchev–Trinajstić information content (AvgIpc) is 3.49. The Bertz CT molecular complexity index is 2040. The van der Waals surface area contributed by atoms with Crippen LogP contribution < -0.4 is 15.5 Å². The second kappa shape index (κ2) is 10.7. The maximum atomic E-state index is 6.10. The largest absolute Gasteiger partial charge is 0.405 e. The average molecular weight is 571 g/mol. The molecule has 2 N–H and O–H groups in total. The van der Waals surface area contributed by atoms with E-state index in [1.165, 1.54) is 61.1 Å². The molecule has 214 valence electrons. The molecule has 4 nitrogen and oxygen atoms in total. The minimum absolute atomic E-state index is 0.881. The van der Waals surface area contributed by atoms with Crippen LogP contribution >= 0.6 is 0 Å². The van der Waals surface area contributed by atoms with Gasteiger partial charge in [0, 0.05) is 35.3 Å². The monoisotopic (exact) mass is 570 g/mol. The molecule has 8 rings (SSSR count). The Morgan fingerprint density at radius 1 is 0.795 bits per heavy atom. The molecule has 0 atom stereocenters. The number of pyridine rings is 1. The highest BCUT2D eigenvalue weighted by atomic mass is 15.2. The van der Waals surface area contributed by atoms with Gasteiger partial charge < -0.3 is 15.5 Å². The smallest absolute Gasteiger partial charge is 0.138 e. The quantitative estimate of drug-likeness (QED) is 0.234. The summed E-state index contributed by atoms with van der Waals surface area (Å²) >= 11 is 0. The van der Waals surface area contributed by atoms with Gasteiger partial charge in [0.25, 0.3) is 0 Å². The summed E-state index contributed by atoms with van der Waals surface area (Å²) in [6.45, 7) is 3.09. The summed E-state index contributed by atoms with van der Waals surface area (Å²) in [6, 6.07) is 32.8. The highest BCUT2D eigenvalue weighted by Gasteiger charge is 2.34. The highest BCUT2D eigenvalue weighted by molar-refractivity contribution is 5.99. The Morgan fingerprint density at radius 2 is 1.57 bits per heavy atom. The lowest BCUT2D eigenvalue weighted by molar-refractivity contribution is 0.897. The first kappa shape index (κ1) is 26.3. The van der Waals surface area contributed by atoms with Crippen molar-refractivity contribution in [1.82, 2.24) is 4.98 Å². The maximum absolute atomic E-state index is 6.10. The highest BCUT2D eigenvalue weighted by Crippen LogP contribution is 2.50. The number of benzene rings is 4. The number of anilines is 3. The number of fused-ring (bicyclic) bond motifs is 6. The van der Waals surface area contributed by atoms with Crippen LogP contribution in [0.3, 0.4) is 0 Å². The number of aromatic nitrogens is 1. The molecule has 44 heavy (non-hydrogen) atoms. The first-order valence-electron chi connectivity index (χ1n) is 15.5. The van der Waals surface area contributed by atoms with Gasteiger partial charge in [0.1, 0.15) is 5.82 Å². The van der Waals surface area contributed by atoms with E-state index >= 15 is 0 Å². The van der Waals surface area contributed by atoms with Crippen molar-refractivity contribution in [3.05, 3.63) is 150 Å². The Morgan fingerprint density at radius 3 is 2.39 bits per heavy atom. The van der Waals surface area contributed by atoms with Crippen LogP contribution in [0.4, 0.5) is 17.2 Å². The molecule has 0 saturated heterocycles. The third kappa shape index (κ3) is 4.17. The van der Waals surface area contributed by atoms with Crippen molar-refractivity contribution in [2.24, 2.45) is 5.73 Å². The summed E-state index contributed by atoms with van der Waals surface area (Å²) in [5, 5.41) is 2.53. The van der Waals surface area contributed by atoms with E-state index in [9.17, 15) is 0 Å². The minimum atomic E-state index is 0.881. The Kier molecular flexibility index (Phi) is 6.41. The molecular formula is C40H34N4. The molecule has 3 heterocycles. The lowest BCUT2D eigenvalue weighted by Gasteiger charge is -2.32. The lowest BCUT2D eigenvalue weighted by Crippen LogP contribution is -2.24. The molecule has 1 aliphatic carbocycles. The maximum Gasteiger partial charge on any atom is 0.138 e. The summed E-state index contributed by atoms with van der Waals surface area (Å²) in [5.41, 5.74) is 19.5. The predicted octanol–water partition coefficient (Wildman–Crippen LogP) is 9.52. The van der Waals surface area contributed by atoms with Gasteiger partial charge in [-0.1, -0.05) is 91.0 Å². The van der Waals surface area contributed by atoms with Crippen molar-refractivity contribution < 1.29 is 0 Å². The summed E-state index contributed by atoms with van der Waals surface area (Å²) in [7, 11) is 0. The van der Waals surface area contributed by atoms with Gasteiger partial charge in [-0.15, -0.1) is 0 Å². The molecule has 0 fully saturated rings. The molecule has 5 aromatic rings. The van der Waals surface area contributed by atoms with Crippen LogP contribution in [-0.4, -0.2) is 11.5 Å². The molecule has 4 aromatic carbocycles. The minimum Gasteiger partial charge on any atom is -0.405 e. The van der Waals surface area contributed by atoms with E-state index < -0.39 is 0 Å². The van der Waals surface area contributed by atoms with E-state index in [1.54, 1.807) is 6.20 Å². The number of hydrogen-bond donors (Lipinski definition) is 1. The molecule has 0 radical (unpaired) electrons. The van der Waals surface area contributed by atoms with Gasteiger partial charge >= 0.3 is 0 Å². The predicted molar refractivity (Wildman–Crippen MR) is 185 cm³/mol. The summed E-state index contributed by atoms with van der Waals surface area (Å²) in [6.07, 6.45) is 15.4. The van der Waals surface area contributed by atoms with Crippen LogP contribution in [0.25, 0.3) is 38.6 Å². The molecule has 1 aromatic heterocycles. The number of nitrogens with zero attached hydrogens (tertiary/aromatic N) is 3. The normalized spacial score (nSPS) is 15.8. The molecule has 0 unspecified atom stereocenters. The van der Waals surface area contributed by atoms with Crippen molar-refractivity contribution in [2.75, 3.05) is 16.3 Å². The zero-order chi connectivity index (χ0) is 29.6. The zero-order valence-electron chi connectivity index (χ0n) is 24.9. The summed E-state index contributed by atoms with van der Waals surface area (Å²) in [4.78, 5) is 10.0. The van der Waals surface area contributed by atoms with Crippen molar-refractivity contribution in [1.29, 1.82) is 0 Å². The molecule has 0 saturated carbocycles. The van der Waals surface area contributed by atoms with Crippen molar-refractivity contribution in [3.63, 3.8) is 0 Å². The topological polar surface area (TPSA) is 45.4 Å². The van der Waals surface area contributed by atoms with Gasteiger partial charge in [-0.25, -0.2) is 4.98 Å². The van der Waals surface area contributed by atoms with Crippen molar-refractivity contribution >= 4 is 33.5 Å². The molecule has 4 heteroatoms. The number of allylic oxidation sites excluding steroid dienone is 6. The van der Waals surface area contributed by atoms with Crippen LogP contribution in [-0.2, 0) is 6.42 Å². The van der Waals surface area contributed by atoms with Gasteiger partial charge in [-0.05, 0) is 95.3 Å². The van der Waals surface area contributed by atoms with Crippen LogP contribution in [0.2, 0.25) is 0 Å². The number of rotatable bonds is 4. The first-order chi connectivity index (χ1) is 21.7. The molecule has 0 bridgehead atoms. The fourth-order valence-corrected chi connectivity index (χ4v) is 7.16. The van der Waals surface area contributed by atoms with Gasteiger partial charge in [-0.2, -0.15) is 0 Å². The molecule has 0 spiro atoms. The zero-order valence-corrected chi connectivity index (χ0v) is 24.9. The second-order valence-corrected chi connectivity index (χ2v) is 11.7.